The van der Waals surface area contributed by atoms with Crippen LogP contribution < -0.4 is 0 Å². The molecular weight excluding hydrogens is 781 g/mol. The molecule has 5 aromatic carbocycles. The summed E-state index contributed by atoms with van der Waals surface area (Å²) in [5, 5.41) is 0. The standard InChI is InChI=1S/C49H52O12/c1-51-47-45(56-31-38-25-15-6-16-26-38)43(55-30-37-23-13-5-14-24-37)41(53-28-35-19-9-3-10-20-35)40(58-47)33-57-48-46-44(60-49(50)61-46)42(54-29-36-21-11-4-12-22-36)39(59-48)32-52-27-34-17-7-2-8-18-34/h2-26,39-48H,27-33H2,1H3/t39-,40-,41-,42+,43+,44+,45-,46-,47+,48-/m1/s1. The molecule has 0 bridgehead atoms. The summed E-state index contributed by atoms with van der Waals surface area (Å²) in [6.07, 6.45) is -8.84. The van der Waals surface area contributed by atoms with Crippen molar-refractivity contribution in [3.8, 4) is 0 Å². The van der Waals surface area contributed by atoms with E-state index in [1.807, 2.05) is 152 Å². The quantitative estimate of drug-likeness (QED) is 0.0721. The molecular formula is C49H52O12. The van der Waals surface area contributed by atoms with Gasteiger partial charge in [-0.05, 0) is 27.8 Å². The molecule has 12 heteroatoms. The Labute approximate surface area is 356 Å². The second-order valence-corrected chi connectivity index (χ2v) is 15.1. The van der Waals surface area contributed by atoms with Gasteiger partial charge in [-0.2, -0.15) is 0 Å². The Bertz CT molecular complexity index is 2030. The third kappa shape index (κ3) is 11.5. The minimum absolute atomic E-state index is 0.0610. The van der Waals surface area contributed by atoms with E-state index in [0.717, 1.165) is 27.8 Å². The van der Waals surface area contributed by atoms with Gasteiger partial charge in [0, 0.05) is 7.11 Å². The molecule has 61 heavy (non-hydrogen) atoms. The van der Waals surface area contributed by atoms with Gasteiger partial charge in [0.1, 0.15) is 36.6 Å². The Balaban J connectivity index is 1.04. The highest BCUT2D eigenvalue weighted by Crippen LogP contribution is 2.36. The summed E-state index contributed by atoms with van der Waals surface area (Å²) in [5.74, 6) is 0. The van der Waals surface area contributed by atoms with Gasteiger partial charge in [-0.1, -0.05) is 152 Å². The van der Waals surface area contributed by atoms with E-state index in [1.165, 1.54) is 0 Å². The molecule has 3 fully saturated rings. The number of fused-ring (bicyclic) bond motifs is 1. The van der Waals surface area contributed by atoms with Crippen LogP contribution in [0.2, 0.25) is 0 Å². The van der Waals surface area contributed by atoms with Crippen molar-refractivity contribution in [3.05, 3.63) is 179 Å². The van der Waals surface area contributed by atoms with Crippen LogP contribution in [0.25, 0.3) is 0 Å². The van der Waals surface area contributed by atoms with Crippen molar-refractivity contribution >= 4 is 6.16 Å². The summed E-state index contributed by atoms with van der Waals surface area (Å²) in [6.45, 7) is 1.49. The van der Waals surface area contributed by atoms with Crippen LogP contribution in [0.5, 0.6) is 0 Å². The van der Waals surface area contributed by atoms with E-state index >= 15 is 0 Å². The topological polar surface area (TPSA) is 119 Å². The maximum atomic E-state index is 12.8. The van der Waals surface area contributed by atoms with Gasteiger partial charge in [0.15, 0.2) is 24.8 Å². The molecule has 0 amide bonds. The normalized spacial score (nSPS) is 27.2. The lowest BCUT2D eigenvalue weighted by Crippen LogP contribution is -2.63. The summed E-state index contributed by atoms with van der Waals surface area (Å²) in [4.78, 5) is 12.8. The number of rotatable bonds is 20. The summed E-state index contributed by atoms with van der Waals surface area (Å²) in [5.41, 5.74) is 4.88. The van der Waals surface area contributed by atoms with Crippen LogP contribution in [0.1, 0.15) is 27.8 Å². The Morgan fingerprint density at radius 2 is 0.803 bits per heavy atom. The first-order chi connectivity index (χ1) is 30.1. The van der Waals surface area contributed by atoms with E-state index in [4.69, 9.17) is 52.1 Å². The molecule has 10 atom stereocenters. The van der Waals surface area contributed by atoms with Crippen LogP contribution in [-0.2, 0) is 85.1 Å². The van der Waals surface area contributed by atoms with Crippen molar-refractivity contribution in [1.82, 2.24) is 0 Å². The molecule has 0 saturated carbocycles. The second-order valence-electron chi connectivity index (χ2n) is 15.1. The highest BCUT2D eigenvalue weighted by Gasteiger charge is 2.56. The van der Waals surface area contributed by atoms with E-state index in [-0.39, 0.29) is 39.6 Å². The fraction of sp³-hybridized carbons (Fsp3) is 0.367. The molecule has 5 aromatic rings. The fourth-order valence-electron chi connectivity index (χ4n) is 7.75. The maximum Gasteiger partial charge on any atom is 0.509 e. The molecule has 0 N–H and O–H groups in total. The smallest absolute Gasteiger partial charge is 0.424 e. The number of carbonyl (C=O) groups is 1. The fourth-order valence-corrected chi connectivity index (χ4v) is 7.75. The lowest BCUT2D eigenvalue weighted by molar-refractivity contribution is -0.338. The number of methoxy groups -OCH3 is 1. The van der Waals surface area contributed by atoms with Crippen molar-refractivity contribution in [2.45, 2.75) is 94.4 Å². The van der Waals surface area contributed by atoms with Crippen molar-refractivity contribution in [3.63, 3.8) is 0 Å². The Morgan fingerprint density at radius 3 is 1.30 bits per heavy atom. The third-order valence-electron chi connectivity index (χ3n) is 10.8. The van der Waals surface area contributed by atoms with Crippen molar-refractivity contribution in [2.75, 3.05) is 20.3 Å². The maximum absolute atomic E-state index is 12.8. The average Bonchev–Trinajstić information content (AvgIpc) is 3.71. The van der Waals surface area contributed by atoms with Crippen LogP contribution in [-0.4, -0.2) is 87.9 Å². The van der Waals surface area contributed by atoms with Gasteiger partial charge >= 0.3 is 6.16 Å². The van der Waals surface area contributed by atoms with Gasteiger partial charge in [-0.25, -0.2) is 4.79 Å². The van der Waals surface area contributed by atoms with Gasteiger partial charge in [0.05, 0.1) is 46.2 Å². The van der Waals surface area contributed by atoms with Crippen molar-refractivity contribution in [2.24, 2.45) is 0 Å². The minimum Gasteiger partial charge on any atom is -0.424 e. The Hall–Kier alpha value is -4.99. The van der Waals surface area contributed by atoms with Crippen LogP contribution in [0.3, 0.4) is 0 Å². The Kier molecular flexibility index (Phi) is 15.2. The lowest BCUT2D eigenvalue weighted by atomic mass is 9.97. The predicted molar refractivity (Wildman–Crippen MR) is 222 cm³/mol. The molecule has 320 valence electrons. The lowest BCUT2D eigenvalue weighted by Gasteiger charge is -2.46. The highest BCUT2D eigenvalue weighted by atomic mass is 16.8. The molecule has 0 unspecified atom stereocenters. The van der Waals surface area contributed by atoms with Gasteiger partial charge in [0.25, 0.3) is 0 Å². The van der Waals surface area contributed by atoms with Crippen molar-refractivity contribution < 1.29 is 56.9 Å². The average molecular weight is 833 g/mol. The van der Waals surface area contributed by atoms with Gasteiger partial charge < -0.3 is 52.1 Å². The highest BCUT2D eigenvalue weighted by molar-refractivity contribution is 5.63. The minimum atomic E-state index is -1.08. The summed E-state index contributed by atoms with van der Waals surface area (Å²) < 4.78 is 70.1. The van der Waals surface area contributed by atoms with Gasteiger partial charge in [-0.15, -0.1) is 0 Å². The van der Waals surface area contributed by atoms with E-state index in [2.05, 4.69) is 0 Å². The monoisotopic (exact) mass is 832 g/mol. The van der Waals surface area contributed by atoms with Crippen molar-refractivity contribution in [1.29, 1.82) is 0 Å². The first kappa shape index (κ1) is 42.7. The zero-order valence-corrected chi connectivity index (χ0v) is 34.1. The second kappa shape index (κ2) is 21.7. The summed E-state index contributed by atoms with van der Waals surface area (Å²) in [7, 11) is 1.57. The molecule has 3 aliphatic rings. The molecule has 3 saturated heterocycles. The first-order valence-electron chi connectivity index (χ1n) is 20.7. The number of benzene rings is 5. The summed E-state index contributed by atoms with van der Waals surface area (Å²) in [6, 6.07) is 49.3. The van der Waals surface area contributed by atoms with E-state index in [0.29, 0.717) is 6.61 Å². The number of hydrogen-bond donors (Lipinski definition) is 0. The zero-order chi connectivity index (χ0) is 41.6. The molecule has 12 nitrogen and oxygen atoms in total. The van der Waals surface area contributed by atoms with E-state index < -0.39 is 67.6 Å². The third-order valence-corrected chi connectivity index (χ3v) is 10.8. The van der Waals surface area contributed by atoms with Gasteiger partial charge in [0.2, 0.25) is 0 Å². The number of ether oxygens (including phenoxy) is 11. The SMILES string of the molecule is CO[C@H]1O[C@H](CO[C@@H]2O[C@H](COCc3ccccc3)[C@H](OCc3ccccc3)[C@@H]3OC(=O)O[C@@H]23)[C@@H](OCc2ccccc2)[C@H](OCc2ccccc2)[C@H]1OCc1ccccc1. The molecule has 0 aromatic heterocycles. The summed E-state index contributed by atoms with van der Waals surface area (Å²) >= 11 is 0. The van der Waals surface area contributed by atoms with Crippen LogP contribution in [0.15, 0.2) is 152 Å². The molecule has 0 radical (unpaired) electrons. The molecule has 8 rings (SSSR count). The van der Waals surface area contributed by atoms with Gasteiger partial charge in [-0.3, -0.25) is 0 Å². The Morgan fingerprint density at radius 1 is 0.410 bits per heavy atom. The van der Waals surface area contributed by atoms with Crippen LogP contribution in [0.4, 0.5) is 4.79 Å². The molecule has 0 aliphatic carbocycles. The van der Waals surface area contributed by atoms with E-state index in [1.54, 1.807) is 7.11 Å². The van der Waals surface area contributed by atoms with Crippen LogP contribution >= 0.6 is 0 Å². The predicted octanol–water partition coefficient (Wildman–Crippen LogP) is 7.56. The van der Waals surface area contributed by atoms with Crippen LogP contribution in [0, 0.1) is 0 Å². The molecule has 3 heterocycles. The first-order valence-corrected chi connectivity index (χ1v) is 20.7. The largest absolute Gasteiger partial charge is 0.509 e. The van der Waals surface area contributed by atoms with E-state index in [9.17, 15) is 4.79 Å². The number of hydrogen-bond acceptors (Lipinski definition) is 12. The molecule has 3 aliphatic heterocycles. The zero-order valence-electron chi connectivity index (χ0n) is 34.1. The number of carbonyl (C=O) groups excluding carboxylic acids is 1. The molecule has 0 spiro atoms.